The highest BCUT2D eigenvalue weighted by Gasteiger charge is 2.19. The average molecular weight is 235 g/mol. The summed E-state index contributed by atoms with van der Waals surface area (Å²) in [7, 11) is 1.42. The van der Waals surface area contributed by atoms with Crippen LogP contribution in [0.1, 0.15) is 37.4 Å². The van der Waals surface area contributed by atoms with Crippen LogP contribution < -0.4 is 5.32 Å². The molecule has 0 saturated carbocycles. The molecule has 0 amide bonds. The molecular weight excluding hydrogens is 214 g/mol. The molecule has 0 aliphatic rings. The van der Waals surface area contributed by atoms with E-state index in [-0.39, 0.29) is 18.1 Å². The molecule has 1 rings (SSSR count). The summed E-state index contributed by atoms with van der Waals surface area (Å²) in [5.41, 5.74) is 2.41. The second-order valence-electron chi connectivity index (χ2n) is 4.29. The van der Waals surface area contributed by atoms with E-state index in [4.69, 9.17) is 4.74 Å². The molecular formula is C14H21NO2. The maximum absolute atomic E-state index is 11.5. The summed E-state index contributed by atoms with van der Waals surface area (Å²) in [6.45, 7) is 6.09. The van der Waals surface area contributed by atoms with Gasteiger partial charge in [-0.05, 0) is 25.8 Å². The Bertz CT molecular complexity index is 376. The van der Waals surface area contributed by atoms with Crippen LogP contribution in [0, 0.1) is 6.92 Å². The van der Waals surface area contributed by atoms with Crippen LogP contribution in [0.5, 0.6) is 0 Å². The molecule has 94 valence electrons. The number of methoxy groups -OCH3 is 1. The smallest absolute Gasteiger partial charge is 0.322 e. The van der Waals surface area contributed by atoms with Gasteiger partial charge in [0.1, 0.15) is 6.04 Å². The van der Waals surface area contributed by atoms with Crippen molar-refractivity contribution in [1.82, 2.24) is 5.32 Å². The van der Waals surface area contributed by atoms with E-state index in [1.807, 2.05) is 13.0 Å². The lowest BCUT2D eigenvalue weighted by Crippen LogP contribution is -2.38. The fourth-order valence-electron chi connectivity index (χ4n) is 1.83. The largest absolute Gasteiger partial charge is 0.468 e. The minimum Gasteiger partial charge on any atom is -0.468 e. The number of esters is 1. The van der Waals surface area contributed by atoms with Gasteiger partial charge in [0.25, 0.3) is 0 Å². The number of carbonyl (C=O) groups excluding carboxylic acids is 1. The molecule has 0 aromatic heterocycles. The first-order valence-electron chi connectivity index (χ1n) is 5.99. The van der Waals surface area contributed by atoms with Gasteiger partial charge in [0, 0.05) is 6.04 Å². The van der Waals surface area contributed by atoms with Gasteiger partial charge in [-0.2, -0.15) is 0 Å². The van der Waals surface area contributed by atoms with Gasteiger partial charge >= 0.3 is 5.97 Å². The van der Waals surface area contributed by atoms with E-state index in [1.54, 1.807) is 0 Å². The van der Waals surface area contributed by atoms with Gasteiger partial charge in [0.15, 0.2) is 0 Å². The third-order valence-electron chi connectivity index (χ3n) is 2.89. The van der Waals surface area contributed by atoms with Crippen molar-refractivity contribution < 1.29 is 9.53 Å². The Labute approximate surface area is 103 Å². The Balaban J connectivity index is 2.70. The summed E-state index contributed by atoms with van der Waals surface area (Å²) >= 11 is 0. The van der Waals surface area contributed by atoms with Crippen molar-refractivity contribution in [3.05, 3.63) is 35.4 Å². The van der Waals surface area contributed by atoms with Gasteiger partial charge in [-0.25, -0.2) is 0 Å². The van der Waals surface area contributed by atoms with Crippen LogP contribution in [-0.2, 0) is 9.53 Å². The standard InChI is InChI=1S/C14H21NO2/c1-5-13(14(16)17-4)15-11(3)12-8-6-7-10(2)9-12/h6-9,11,13,15H,5H2,1-4H3/t11-,13?/m1/s1. The summed E-state index contributed by atoms with van der Waals surface area (Å²) in [4.78, 5) is 11.5. The Morgan fingerprint density at radius 1 is 1.47 bits per heavy atom. The second-order valence-corrected chi connectivity index (χ2v) is 4.29. The molecule has 0 heterocycles. The number of ether oxygens (including phenoxy) is 1. The summed E-state index contributed by atoms with van der Waals surface area (Å²) in [6, 6.07) is 8.18. The molecule has 0 aliphatic heterocycles. The molecule has 1 unspecified atom stereocenters. The number of aryl methyl sites for hydroxylation is 1. The number of hydrogen-bond donors (Lipinski definition) is 1. The zero-order valence-corrected chi connectivity index (χ0v) is 11.0. The summed E-state index contributed by atoms with van der Waals surface area (Å²) in [5, 5.41) is 3.29. The number of benzene rings is 1. The normalized spacial score (nSPS) is 14.1. The van der Waals surface area contributed by atoms with Gasteiger partial charge < -0.3 is 4.74 Å². The highest BCUT2D eigenvalue weighted by molar-refractivity contribution is 5.75. The first-order valence-corrected chi connectivity index (χ1v) is 5.99. The van der Waals surface area contributed by atoms with Gasteiger partial charge in [-0.15, -0.1) is 0 Å². The topological polar surface area (TPSA) is 38.3 Å². The van der Waals surface area contributed by atoms with Crippen molar-refractivity contribution in [2.75, 3.05) is 7.11 Å². The number of rotatable bonds is 5. The molecule has 0 saturated heterocycles. The molecule has 2 atom stereocenters. The van der Waals surface area contributed by atoms with Crippen molar-refractivity contribution in [3.8, 4) is 0 Å². The summed E-state index contributed by atoms with van der Waals surface area (Å²) in [6.07, 6.45) is 0.725. The first-order chi connectivity index (χ1) is 8.08. The Hall–Kier alpha value is -1.35. The summed E-state index contributed by atoms with van der Waals surface area (Å²) < 4.78 is 4.76. The Kier molecular flexibility index (Phi) is 5.16. The highest BCUT2D eigenvalue weighted by Crippen LogP contribution is 2.15. The van der Waals surface area contributed by atoms with E-state index in [0.717, 1.165) is 6.42 Å². The average Bonchev–Trinajstić information content (AvgIpc) is 2.34. The predicted octanol–water partition coefficient (Wildman–Crippen LogP) is 2.60. The van der Waals surface area contributed by atoms with Crippen molar-refractivity contribution in [1.29, 1.82) is 0 Å². The lowest BCUT2D eigenvalue weighted by molar-refractivity contribution is -0.143. The van der Waals surface area contributed by atoms with Crippen LogP contribution in [0.3, 0.4) is 0 Å². The number of nitrogens with one attached hydrogen (secondary N) is 1. The zero-order chi connectivity index (χ0) is 12.8. The van der Waals surface area contributed by atoms with Gasteiger partial charge in [0.05, 0.1) is 7.11 Å². The molecule has 1 N–H and O–H groups in total. The zero-order valence-electron chi connectivity index (χ0n) is 11.0. The lowest BCUT2D eigenvalue weighted by atomic mass is 10.0. The molecule has 3 heteroatoms. The van der Waals surface area contributed by atoms with Crippen molar-refractivity contribution in [2.45, 2.75) is 39.3 Å². The lowest BCUT2D eigenvalue weighted by Gasteiger charge is -2.20. The van der Waals surface area contributed by atoms with Gasteiger partial charge in [-0.3, -0.25) is 10.1 Å². The maximum atomic E-state index is 11.5. The van der Waals surface area contributed by atoms with E-state index in [2.05, 4.69) is 37.4 Å². The van der Waals surface area contributed by atoms with Crippen molar-refractivity contribution in [3.63, 3.8) is 0 Å². The van der Waals surface area contributed by atoms with E-state index in [1.165, 1.54) is 18.2 Å². The minimum absolute atomic E-state index is 0.138. The SMILES string of the molecule is CCC(N[C@H](C)c1cccc(C)c1)C(=O)OC. The molecule has 17 heavy (non-hydrogen) atoms. The quantitative estimate of drug-likeness (QED) is 0.797. The molecule has 0 radical (unpaired) electrons. The van der Waals surface area contributed by atoms with Crippen LogP contribution in [0.2, 0.25) is 0 Å². The maximum Gasteiger partial charge on any atom is 0.322 e. The van der Waals surface area contributed by atoms with Gasteiger partial charge in [-0.1, -0.05) is 36.8 Å². The fourth-order valence-corrected chi connectivity index (χ4v) is 1.83. The van der Waals surface area contributed by atoms with Crippen LogP contribution in [0.4, 0.5) is 0 Å². The predicted molar refractivity (Wildman–Crippen MR) is 68.8 cm³/mol. The monoisotopic (exact) mass is 235 g/mol. The summed E-state index contributed by atoms with van der Waals surface area (Å²) in [5.74, 6) is -0.202. The molecule has 1 aromatic rings. The van der Waals surface area contributed by atoms with Gasteiger partial charge in [0.2, 0.25) is 0 Å². The highest BCUT2D eigenvalue weighted by atomic mass is 16.5. The van der Waals surface area contributed by atoms with Crippen LogP contribution >= 0.6 is 0 Å². The molecule has 0 fully saturated rings. The Morgan fingerprint density at radius 2 is 2.18 bits per heavy atom. The molecule has 0 bridgehead atoms. The first kappa shape index (κ1) is 13.7. The fraction of sp³-hybridized carbons (Fsp3) is 0.500. The van der Waals surface area contributed by atoms with Crippen molar-refractivity contribution in [2.24, 2.45) is 0 Å². The van der Waals surface area contributed by atoms with Crippen LogP contribution in [0.15, 0.2) is 24.3 Å². The second kappa shape index (κ2) is 6.40. The minimum atomic E-state index is -0.240. The molecule has 1 aromatic carbocycles. The molecule has 0 aliphatic carbocycles. The van der Waals surface area contributed by atoms with E-state index in [9.17, 15) is 4.79 Å². The number of carbonyl (C=O) groups is 1. The molecule has 3 nitrogen and oxygen atoms in total. The molecule has 0 spiro atoms. The van der Waals surface area contributed by atoms with E-state index < -0.39 is 0 Å². The van der Waals surface area contributed by atoms with Crippen molar-refractivity contribution >= 4 is 5.97 Å². The van der Waals surface area contributed by atoms with E-state index in [0.29, 0.717) is 0 Å². The van der Waals surface area contributed by atoms with E-state index >= 15 is 0 Å². The third kappa shape index (κ3) is 3.86. The van der Waals surface area contributed by atoms with Crippen LogP contribution in [-0.4, -0.2) is 19.1 Å². The van der Waals surface area contributed by atoms with Crippen LogP contribution in [0.25, 0.3) is 0 Å². The Morgan fingerprint density at radius 3 is 2.71 bits per heavy atom. The number of hydrogen-bond acceptors (Lipinski definition) is 3. The third-order valence-corrected chi connectivity index (χ3v) is 2.89.